The number of carboxylic acids is 1. The monoisotopic (exact) mass is 367 g/mol. The van der Waals surface area contributed by atoms with Gasteiger partial charge in [-0.2, -0.15) is 0 Å². The minimum absolute atomic E-state index is 0.0430. The summed E-state index contributed by atoms with van der Waals surface area (Å²) in [6.07, 6.45) is 0. The molecule has 0 aliphatic carbocycles. The van der Waals surface area contributed by atoms with E-state index >= 15 is 0 Å². The molecule has 6 heteroatoms. The summed E-state index contributed by atoms with van der Waals surface area (Å²) in [7, 11) is 0. The highest BCUT2D eigenvalue weighted by molar-refractivity contribution is 5.87. The molecule has 0 bridgehead atoms. The van der Waals surface area contributed by atoms with Gasteiger partial charge in [0.1, 0.15) is 0 Å². The normalized spacial score (nSPS) is 15.4. The maximum Gasteiger partial charge on any atom is 0.335 e. The van der Waals surface area contributed by atoms with Gasteiger partial charge in [0.05, 0.1) is 12.1 Å². The molecule has 2 N–H and O–H groups in total. The fourth-order valence-electron chi connectivity index (χ4n) is 3.22. The third kappa shape index (κ3) is 5.91. The minimum Gasteiger partial charge on any atom is -0.478 e. The van der Waals surface area contributed by atoms with Crippen LogP contribution in [0.15, 0.2) is 54.6 Å². The number of rotatable bonds is 7. The van der Waals surface area contributed by atoms with Gasteiger partial charge in [-0.15, -0.1) is 0 Å². The van der Waals surface area contributed by atoms with Crippen LogP contribution >= 0.6 is 0 Å². The topological polar surface area (TPSA) is 72.9 Å². The second-order valence-electron chi connectivity index (χ2n) is 6.82. The van der Waals surface area contributed by atoms with Crippen molar-refractivity contribution in [1.29, 1.82) is 0 Å². The van der Waals surface area contributed by atoms with E-state index in [0.717, 1.165) is 43.9 Å². The lowest BCUT2D eigenvalue weighted by molar-refractivity contribution is -0.122. The van der Waals surface area contributed by atoms with Gasteiger partial charge in [0, 0.05) is 39.3 Å². The first kappa shape index (κ1) is 19.1. The fraction of sp³-hybridized carbons (Fsp3) is 0.333. The Morgan fingerprint density at radius 1 is 0.889 bits per heavy atom. The second-order valence-corrected chi connectivity index (χ2v) is 6.82. The van der Waals surface area contributed by atoms with Crippen molar-refractivity contribution in [3.05, 3.63) is 71.3 Å². The van der Waals surface area contributed by atoms with Crippen LogP contribution in [0.3, 0.4) is 0 Å². The third-order valence-corrected chi connectivity index (χ3v) is 4.74. The molecular weight excluding hydrogens is 342 g/mol. The van der Waals surface area contributed by atoms with Gasteiger partial charge in [0.2, 0.25) is 5.91 Å². The Labute approximate surface area is 159 Å². The lowest BCUT2D eigenvalue weighted by Crippen LogP contribution is -2.49. The maximum atomic E-state index is 12.1. The van der Waals surface area contributed by atoms with Crippen LogP contribution < -0.4 is 5.32 Å². The molecule has 0 aromatic heterocycles. The first-order valence-corrected chi connectivity index (χ1v) is 9.18. The van der Waals surface area contributed by atoms with E-state index < -0.39 is 5.97 Å². The van der Waals surface area contributed by atoms with Gasteiger partial charge in [-0.25, -0.2) is 4.79 Å². The molecule has 1 aliphatic rings. The number of nitrogens with one attached hydrogen (secondary N) is 1. The Hall–Kier alpha value is -2.70. The number of nitrogens with zero attached hydrogens (tertiary/aromatic N) is 2. The molecule has 0 unspecified atom stereocenters. The van der Waals surface area contributed by atoms with Crippen LogP contribution in [0.2, 0.25) is 0 Å². The Morgan fingerprint density at radius 2 is 1.56 bits per heavy atom. The number of benzene rings is 2. The maximum absolute atomic E-state index is 12.1. The van der Waals surface area contributed by atoms with Gasteiger partial charge in [-0.05, 0) is 23.3 Å². The summed E-state index contributed by atoms with van der Waals surface area (Å²) in [6, 6.07) is 17.0. The third-order valence-electron chi connectivity index (χ3n) is 4.74. The molecule has 1 amide bonds. The zero-order chi connectivity index (χ0) is 19.1. The smallest absolute Gasteiger partial charge is 0.335 e. The molecule has 1 saturated heterocycles. The first-order valence-electron chi connectivity index (χ1n) is 9.18. The van der Waals surface area contributed by atoms with E-state index in [0.29, 0.717) is 18.7 Å². The van der Waals surface area contributed by atoms with E-state index in [1.165, 1.54) is 0 Å². The summed E-state index contributed by atoms with van der Waals surface area (Å²) < 4.78 is 0. The number of piperazine rings is 1. The summed E-state index contributed by atoms with van der Waals surface area (Å²) >= 11 is 0. The number of carbonyl (C=O) groups excluding carboxylic acids is 1. The summed E-state index contributed by atoms with van der Waals surface area (Å²) in [5.74, 6) is -0.857. The van der Waals surface area contributed by atoms with Crippen LogP contribution in [0.4, 0.5) is 0 Å². The lowest BCUT2D eigenvalue weighted by atomic mass is 10.1. The molecule has 0 atom stereocenters. The van der Waals surface area contributed by atoms with Gasteiger partial charge in [-0.3, -0.25) is 14.6 Å². The van der Waals surface area contributed by atoms with E-state index in [-0.39, 0.29) is 5.91 Å². The summed E-state index contributed by atoms with van der Waals surface area (Å²) in [5.41, 5.74) is 2.42. The van der Waals surface area contributed by atoms with Crippen molar-refractivity contribution in [2.45, 2.75) is 13.1 Å². The van der Waals surface area contributed by atoms with Crippen molar-refractivity contribution >= 4 is 11.9 Å². The largest absolute Gasteiger partial charge is 0.478 e. The van der Waals surface area contributed by atoms with Crippen molar-refractivity contribution in [3.8, 4) is 0 Å². The molecule has 2 aromatic carbocycles. The van der Waals surface area contributed by atoms with Crippen LogP contribution in [0.5, 0.6) is 0 Å². The van der Waals surface area contributed by atoms with E-state index in [4.69, 9.17) is 5.11 Å². The Balaban J connectivity index is 1.40. The van der Waals surface area contributed by atoms with Crippen LogP contribution in [0, 0.1) is 0 Å². The Bertz CT molecular complexity index is 771. The van der Waals surface area contributed by atoms with Crippen molar-refractivity contribution in [3.63, 3.8) is 0 Å². The molecule has 1 fully saturated rings. The van der Waals surface area contributed by atoms with E-state index in [1.54, 1.807) is 18.2 Å². The van der Waals surface area contributed by atoms with Gasteiger partial charge >= 0.3 is 5.97 Å². The van der Waals surface area contributed by atoms with Gasteiger partial charge in [-0.1, -0.05) is 42.5 Å². The predicted molar refractivity (Wildman–Crippen MR) is 103 cm³/mol. The van der Waals surface area contributed by atoms with Gasteiger partial charge in [0.15, 0.2) is 0 Å². The molecule has 0 spiro atoms. The first-order chi connectivity index (χ1) is 13.1. The number of aromatic carboxylic acids is 1. The van der Waals surface area contributed by atoms with Crippen molar-refractivity contribution < 1.29 is 14.7 Å². The van der Waals surface area contributed by atoms with E-state index in [9.17, 15) is 9.59 Å². The van der Waals surface area contributed by atoms with Crippen LogP contribution in [-0.2, 0) is 17.9 Å². The number of carbonyl (C=O) groups is 2. The number of hydrogen-bond acceptors (Lipinski definition) is 4. The molecule has 1 heterocycles. The van der Waals surface area contributed by atoms with Crippen molar-refractivity contribution in [2.24, 2.45) is 0 Å². The van der Waals surface area contributed by atoms with Gasteiger partial charge in [0.25, 0.3) is 0 Å². The molecule has 0 saturated carbocycles. The summed E-state index contributed by atoms with van der Waals surface area (Å²) in [6.45, 7) is 5.09. The van der Waals surface area contributed by atoms with Crippen LogP contribution in [-0.4, -0.2) is 59.5 Å². The zero-order valence-electron chi connectivity index (χ0n) is 15.3. The molecule has 0 radical (unpaired) electrons. The Kier molecular flexibility index (Phi) is 6.57. The summed E-state index contributed by atoms with van der Waals surface area (Å²) in [5, 5.41) is 12.1. The lowest BCUT2D eigenvalue weighted by Gasteiger charge is -2.34. The molecule has 2 aromatic rings. The number of carboxylic acid groups (broad SMARTS) is 1. The average molecular weight is 367 g/mol. The second kappa shape index (κ2) is 9.30. The average Bonchev–Trinajstić information content (AvgIpc) is 2.69. The SMILES string of the molecule is O=C(CN1CCN(Cc2cccc(C(=O)O)c2)CC1)NCc1ccccc1. The predicted octanol–water partition coefficient (Wildman–Crippen LogP) is 1.82. The summed E-state index contributed by atoms with van der Waals surface area (Å²) in [4.78, 5) is 27.7. The number of amides is 1. The molecule has 27 heavy (non-hydrogen) atoms. The van der Waals surface area contributed by atoms with Crippen LogP contribution in [0.1, 0.15) is 21.5 Å². The molecule has 6 nitrogen and oxygen atoms in total. The number of hydrogen-bond donors (Lipinski definition) is 2. The highest BCUT2D eigenvalue weighted by Gasteiger charge is 2.19. The quantitative estimate of drug-likeness (QED) is 0.781. The minimum atomic E-state index is -0.900. The standard InChI is InChI=1S/C21H25N3O3/c25-20(22-14-17-5-2-1-3-6-17)16-24-11-9-23(10-12-24)15-18-7-4-8-19(13-18)21(26)27/h1-8,13H,9-12,14-16H2,(H,22,25)(H,26,27). The van der Waals surface area contributed by atoms with E-state index in [2.05, 4.69) is 15.1 Å². The van der Waals surface area contributed by atoms with Crippen LogP contribution in [0.25, 0.3) is 0 Å². The molecule has 1 aliphatic heterocycles. The fourth-order valence-corrected chi connectivity index (χ4v) is 3.22. The van der Waals surface area contributed by atoms with Crippen molar-refractivity contribution in [1.82, 2.24) is 15.1 Å². The highest BCUT2D eigenvalue weighted by Crippen LogP contribution is 2.11. The van der Waals surface area contributed by atoms with E-state index in [1.807, 2.05) is 36.4 Å². The molecule has 3 rings (SSSR count). The Morgan fingerprint density at radius 3 is 2.26 bits per heavy atom. The van der Waals surface area contributed by atoms with Gasteiger partial charge < -0.3 is 10.4 Å². The molecule has 142 valence electrons. The zero-order valence-corrected chi connectivity index (χ0v) is 15.3. The highest BCUT2D eigenvalue weighted by atomic mass is 16.4. The molecular formula is C21H25N3O3. The van der Waals surface area contributed by atoms with Crippen molar-refractivity contribution in [2.75, 3.05) is 32.7 Å².